The maximum atomic E-state index is 13.4. The van der Waals surface area contributed by atoms with E-state index in [0.29, 0.717) is 45.1 Å². The molecule has 9 nitrogen and oxygen atoms in total. The quantitative estimate of drug-likeness (QED) is 0.575. The Hall–Kier alpha value is -3.75. The van der Waals surface area contributed by atoms with Gasteiger partial charge in [-0.1, -0.05) is 42.5 Å². The summed E-state index contributed by atoms with van der Waals surface area (Å²) in [6, 6.07) is 16.5. The minimum absolute atomic E-state index is 0.223. The summed E-state index contributed by atoms with van der Waals surface area (Å²) in [5, 5.41) is 2.75. The molecule has 1 aliphatic rings. The Labute approximate surface area is 218 Å². The Morgan fingerprint density at radius 3 is 2.11 bits per heavy atom. The number of benzene rings is 2. The summed E-state index contributed by atoms with van der Waals surface area (Å²) >= 11 is 0. The van der Waals surface area contributed by atoms with Crippen molar-refractivity contribution in [3.8, 4) is 5.75 Å². The fourth-order valence-electron chi connectivity index (χ4n) is 3.89. The molecule has 3 rings (SSSR count). The molecule has 1 heterocycles. The first-order chi connectivity index (χ1) is 17.6. The summed E-state index contributed by atoms with van der Waals surface area (Å²) < 4.78 is 16.3. The van der Waals surface area contributed by atoms with E-state index in [1.807, 2.05) is 54.6 Å². The Kier molecular flexibility index (Phi) is 9.77. The van der Waals surface area contributed by atoms with Gasteiger partial charge >= 0.3 is 12.2 Å². The van der Waals surface area contributed by atoms with Crippen LogP contribution in [0.4, 0.5) is 9.59 Å². The Morgan fingerprint density at radius 1 is 0.892 bits per heavy atom. The van der Waals surface area contributed by atoms with Gasteiger partial charge in [-0.25, -0.2) is 9.59 Å². The largest absolute Gasteiger partial charge is 0.489 e. The number of piperazine rings is 1. The zero-order valence-corrected chi connectivity index (χ0v) is 22.1. The second-order valence-electron chi connectivity index (χ2n) is 9.83. The lowest BCUT2D eigenvalue weighted by Crippen LogP contribution is -2.56. The molecule has 200 valence electrons. The number of nitrogens with zero attached hydrogens (tertiary/aromatic N) is 2. The van der Waals surface area contributed by atoms with Crippen molar-refractivity contribution in [2.24, 2.45) is 0 Å². The molecule has 9 heteroatoms. The van der Waals surface area contributed by atoms with Crippen LogP contribution in [0.1, 0.15) is 38.8 Å². The van der Waals surface area contributed by atoms with E-state index in [1.165, 1.54) is 0 Å². The number of hydrogen-bond acceptors (Lipinski definition) is 6. The molecule has 1 atom stereocenters. The molecule has 0 aromatic heterocycles. The highest BCUT2D eigenvalue weighted by Crippen LogP contribution is 2.17. The van der Waals surface area contributed by atoms with Crippen molar-refractivity contribution in [2.75, 3.05) is 32.8 Å². The van der Waals surface area contributed by atoms with Gasteiger partial charge in [0.25, 0.3) is 0 Å². The third-order valence-electron chi connectivity index (χ3n) is 5.72. The minimum Gasteiger partial charge on any atom is -0.489 e. The van der Waals surface area contributed by atoms with Crippen molar-refractivity contribution in [1.82, 2.24) is 15.1 Å². The predicted molar refractivity (Wildman–Crippen MR) is 139 cm³/mol. The highest BCUT2D eigenvalue weighted by Gasteiger charge is 2.31. The lowest BCUT2D eigenvalue weighted by atomic mass is 10.0. The smallest absolute Gasteiger partial charge is 0.409 e. The Balaban J connectivity index is 1.64. The monoisotopic (exact) mass is 511 g/mol. The van der Waals surface area contributed by atoms with Crippen LogP contribution in [0.15, 0.2) is 54.6 Å². The van der Waals surface area contributed by atoms with Gasteiger partial charge in [-0.15, -0.1) is 0 Å². The molecule has 0 aliphatic carbocycles. The molecule has 0 saturated carbocycles. The first kappa shape index (κ1) is 27.8. The molecule has 1 fully saturated rings. The minimum atomic E-state index is -0.819. The highest BCUT2D eigenvalue weighted by molar-refractivity contribution is 5.86. The van der Waals surface area contributed by atoms with Gasteiger partial charge in [-0.05, 0) is 51.0 Å². The number of rotatable bonds is 8. The van der Waals surface area contributed by atoms with Crippen LogP contribution in [0, 0.1) is 0 Å². The van der Waals surface area contributed by atoms with Crippen LogP contribution in [0.3, 0.4) is 0 Å². The van der Waals surface area contributed by atoms with Crippen LogP contribution >= 0.6 is 0 Å². The molecular formula is C28H37N3O6. The number of carbonyl (C=O) groups is 3. The lowest BCUT2D eigenvalue weighted by Gasteiger charge is -2.36. The number of ether oxygens (including phenoxy) is 3. The van der Waals surface area contributed by atoms with E-state index in [-0.39, 0.29) is 18.4 Å². The predicted octanol–water partition coefficient (Wildman–Crippen LogP) is 4.00. The van der Waals surface area contributed by atoms with Gasteiger partial charge in [0.1, 0.15) is 24.0 Å². The van der Waals surface area contributed by atoms with E-state index in [2.05, 4.69) is 5.32 Å². The number of carbonyl (C=O) groups excluding carboxylic acids is 3. The van der Waals surface area contributed by atoms with Gasteiger partial charge in [-0.3, -0.25) is 4.79 Å². The molecule has 1 N–H and O–H groups in total. The summed E-state index contributed by atoms with van der Waals surface area (Å²) in [6.07, 6.45) is -0.749. The zero-order chi connectivity index (χ0) is 26.8. The summed E-state index contributed by atoms with van der Waals surface area (Å²) in [7, 11) is 0. The molecule has 3 amide bonds. The van der Waals surface area contributed by atoms with Gasteiger partial charge in [0.2, 0.25) is 5.91 Å². The van der Waals surface area contributed by atoms with Crippen LogP contribution < -0.4 is 10.1 Å². The Morgan fingerprint density at radius 2 is 1.51 bits per heavy atom. The maximum Gasteiger partial charge on any atom is 0.409 e. The zero-order valence-electron chi connectivity index (χ0n) is 22.1. The van der Waals surface area contributed by atoms with Crippen molar-refractivity contribution in [2.45, 2.75) is 52.4 Å². The SMILES string of the molecule is CCOC(=O)N1CCN(C(=O)C(Cc2ccc(OCc3ccccc3)cc2)NC(=O)OC(C)(C)C)CC1. The number of alkyl carbamates (subject to hydrolysis) is 1. The summed E-state index contributed by atoms with van der Waals surface area (Å²) in [4.78, 5) is 41.2. The van der Waals surface area contributed by atoms with E-state index in [4.69, 9.17) is 14.2 Å². The van der Waals surface area contributed by atoms with Crippen LogP contribution in [-0.4, -0.2) is 72.3 Å². The molecule has 0 spiro atoms. The van der Waals surface area contributed by atoms with Crippen LogP contribution in [-0.2, 0) is 27.3 Å². The van der Waals surface area contributed by atoms with E-state index in [0.717, 1.165) is 11.1 Å². The van der Waals surface area contributed by atoms with Crippen molar-refractivity contribution in [3.05, 3.63) is 65.7 Å². The van der Waals surface area contributed by atoms with Crippen molar-refractivity contribution in [1.29, 1.82) is 0 Å². The van der Waals surface area contributed by atoms with Gasteiger partial charge in [0.05, 0.1) is 6.61 Å². The summed E-state index contributed by atoms with van der Waals surface area (Å²) in [5.41, 5.74) is 1.24. The molecule has 1 unspecified atom stereocenters. The summed E-state index contributed by atoms with van der Waals surface area (Å²) in [6.45, 7) is 9.29. The maximum absolute atomic E-state index is 13.4. The van der Waals surface area contributed by atoms with Crippen LogP contribution in [0.5, 0.6) is 5.75 Å². The molecule has 2 aromatic rings. The second kappa shape index (κ2) is 13.0. The Bertz CT molecular complexity index is 1030. The molecular weight excluding hydrogens is 474 g/mol. The van der Waals surface area contributed by atoms with Gasteiger partial charge in [0, 0.05) is 32.6 Å². The standard InChI is InChI=1S/C28H37N3O6/c1-5-35-27(34)31-17-15-30(16-18-31)25(32)24(29-26(33)37-28(2,3)4)19-21-11-13-23(14-12-21)36-20-22-9-7-6-8-10-22/h6-14,24H,5,15-20H2,1-4H3,(H,29,33). The van der Waals surface area contributed by atoms with Gasteiger partial charge in [0.15, 0.2) is 0 Å². The van der Waals surface area contributed by atoms with Crippen molar-refractivity contribution in [3.63, 3.8) is 0 Å². The van der Waals surface area contributed by atoms with E-state index >= 15 is 0 Å². The number of nitrogens with one attached hydrogen (secondary N) is 1. The third-order valence-corrected chi connectivity index (χ3v) is 5.72. The first-order valence-corrected chi connectivity index (χ1v) is 12.6. The van der Waals surface area contributed by atoms with E-state index in [1.54, 1.807) is 37.5 Å². The van der Waals surface area contributed by atoms with Gasteiger partial charge in [-0.2, -0.15) is 0 Å². The highest BCUT2D eigenvalue weighted by atomic mass is 16.6. The molecule has 37 heavy (non-hydrogen) atoms. The summed E-state index contributed by atoms with van der Waals surface area (Å²) in [5.74, 6) is 0.490. The molecule has 1 aliphatic heterocycles. The average molecular weight is 512 g/mol. The average Bonchev–Trinajstić information content (AvgIpc) is 2.87. The normalized spacial score (nSPS) is 14.5. The van der Waals surface area contributed by atoms with Crippen LogP contribution in [0.25, 0.3) is 0 Å². The van der Waals surface area contributed by atoms with Crippen molar-refractivity contribution < 1.29 is 28.6 Å². The first-order valence-electron chi connectivity index (χ1n) is 12.6. The molecule has 2 aromatic carbocycles. The lowest BCUT2D eigenvalue weighted by molar-refractivity contribution is -0.135. The van der Waals surface area contributed by atoms with E-state index in [9.17, 15) is 14.4 Å². The van der Waals surface area contributed by atoms with E-state index < -0.39 is 17.7 Å². The van der Waals surface area contributed by atoms with Gasteiger partial charge < -0.3 is 29.3 Å². The fourth-order valence-corrected chi connectivity index (χ4v) is 3.89. The van der Waals surface area contributed by atoms with Crippen molar-refractivity contribution >= 4 is 18.1 Å². The van der Waals surface area contributed by atoms with Crippen LogP contribution in [0.2, 0.25) is 0 Å². The fraction of sp³-hybridized carbons (Fsp3) is 0.464. The third kappa shape index (κ3) is 9.00. The number of hydrogen-bond donors (Lipinski definition) is 1. The topological polar surface area (TPSA) is 97.4 Å². The molecule has 1 saturated heterocycles. The molecule has 0 radical (unpaired) electrons. The number of amides is 3. The molecule has 0 bridgehead atoms. The second-order valence-corrected chi connectivity index (χ2v) is 9.83.